The maximum absolute atomic E-state index is 12.6. The topological polar surface area (TPSA) is 132 Å². The number of hydrogen-bond donors (Lipinski definition) is 3. The van der Waals surface area contributed by atoms with E-state index < -0.39 is 11.9 Å². The summed E-state index contributed by atoms with van der Waals surface area (Å²) < 4.78 is 0. The van der Waals surface area contributed by atoms with Gasteiger partial charge < -0.3 is 10.2 Å². The van der Waals surface area contributed by atoms with Gasteiger partial charge in [-0.15, -0.1) is 5.10 Å². The number of nitrogens with zero attached hydrogens (tertiary/aromatic N) is 4. The highest BCUT2D eigenvalue weighted by Gasteiger charge is 2.21. The highest BCUT2D eigenvalue weighted by atomic mass is 16.4. The molecule has 0 saturated heterocycles. The van der Waals surface area contributed by atoms with Crippen molar-refractivity contribution in [2.24, 2.45) is 0 Å². The number of aliphatic carboxylic acids is 1. The predicted molar refractivity (Wildman–Crippen MR) is 91.8 cm³/mol. The van der Waals surface area contributed by atoms with Crippen molar-refractivity contribution in [3.05, 3.63) is 53.9 Å². The van der Waals surface area contributed by atoms with Gasteiger partial charge in [-0.25, -0.2) is 0 Å². The Morgan fingerprint density at radius 2 is 1.92 bits per heavy atom. The first-order valence-electron chi connectivity index (χ1n) is 7.60. The van der Waals surface area contributed by atoms with Crippen molar-refractivity contribution in [1.82, 2.24) is 20.2 Å². The number of amides is 1. The van der Waals surface area contributed by atoms with E-state index in [0.717, 1.165) is 5.56 Å². The first-order valence-corrected chi connectivity index (χ1v) is 7.60. The van der Waals surface area contributed by atoms with Crippen LogP contribution in [0.5, 0.6) is 5.75 Å². The number of anilines is 1. The molecule has 9 nitrogen and oxygen atoms in total. The molecule has 9 heteroatoms. The number of phenolic OH excluding ortho intramolecular Hbond substituents is 1. The third-order valence-electron chi connectivity index (χ3n) is 3.68. The fourth-order valence-electron chi connectivity index (χ4n) is 2.36. The van der Waals surface area contributed by atoms with Gasteiger partial charge in [-0.1, -0.05) is 6.07 Å². The van der Waals surface area contributed by atoms with Crippen LogP contribution in [0.2, 0.25) is 0 Å². The number of pyridine rings is 1. The molecule has 2 heterocycles. The molecule has 2 aromatic heterocycles. The SMILES string of the molecule is CN(C(=O)c1ccc(CC(=O)O)cc1O)c1n[nH]c(-c2ccncc2)n1. The van der Waals surface area contributed by atoms with Crippen LogP contribution in [0.25, 0.3) is 11.4 Å². The number of rotatable bonds is 5. The largest absolute Gasteiger partial charge is 0.507 e. The van der Waals surface area contributed by atoms with Crippen molar-refractivity contribution in [3.63, 3.8) is 0 Å². The average molecular weight is 353 g/mol. The van der Waals surface area contributed by atoms with Gasteiger partial charge in [-0.2, -0.15) is 4.98 Å². The van der Waals surface area contributed by atoms with Crippen LogP contribution in [0, 0.1) is 0 Å². The molecule has 0 bridgehead atoms. The molecule has 3 N–H and O–H groups in total. The van der Waals surface area contributed by atoms with Gasteiger partial charge in [0.2, 0.25) is 0 Å². The van der Waals surface area contributed by atoms with E-state index >= 15 is 0 Å². The van der Waals surface area contributed by atoms with E-state index in [1.54, 1.807) is 24.5 Å². The molecule has 0 saturated carbocycles. The zero-order chi connectivity index (χ0) is 18.7. The molecule has 132 valence electrons. The third-order valence-corrected chi connectivity index (χ3v) is 3.68. The number of benzene rings is 1. The van der Waals surface area contributed by atoms with Gasteiger partial charge in [0.15, 0.2) is 5.82 Å². The van der Waals surface area contributed by atoms with Gasteiger partial charge in [0.05, 0.1) is 12.0 Å². The van der Waals surface area contributed by atoms with E-state index in [0.29, 0.717) is 11.4 Å². The van der Waals surface area contributed by atoms with Crippen LogP contribution < -0.4 is 4.90 Å². The maximum Gasteiger partial charge on any atom is 0.307 e. The maximum atomic E-state index is 12.6. The first-order chi connectivity index (χ1) is 12.5. The minimum absolute atomic E-state index is 0.0249. The monoisotopic (exact) mass is 353 g/mol. The lowest BCUT2D eigenvalue weighted by Gasteiger charge is -2.14. The van der Waals surface area contributed by atoms with Crippen molar-refractivity contribution >= 4 is 17.8 Å². The standard InChI is InChI=1S/C17H15N5O4/c1-22(17-19-15(20-21-17)11-4-6-18-7-5-11)16(26)12-3-2-10(8-13(12)23)9-14(24)25/h2-8,23H,9H2,1H3,(H,24,25)(H,19,20,21). The van der Waals surface area contributed by atoms with Crippen LogP contribution in [0.3, 0.4) is 0 Å². The second-order valence-electron chi connectivity index (χ2n) is 5.51. The van der Waals surface area contributed by atoms with Gasteiger partial charge in [0.25, 0.3) is 11.9 Å². The van der Waals surface area contributed by atoms with Gasteiger partial charge in [-0.05, 0) is 29.8 Å². The Labute approximate surface area is 148 Å². The summed E-state index contributed by atoms with van der Waals surface area (Å²) in [5, 5.41) is 25.6. The van der Waals surface area contributed by atoms with Crippen LogP contribution >= 0.6 is 0 Å². The fourth-order valence-corrected chi connectivity index (χ4v) is 2.36. The van der Waals surface area contributed by atoms with E-state index in [1.807, 2.05) is 0 Å². The molecule has 0 aliphatic carbocycles. The van der Waals surface area contributed by atoms with Gasteiger partial charge >= 0.3 is 5.97 Å². The molecule has 1 aromatic carbocycles. The first kappa shape index (κ1) is 17.1. The number of H-pyrrole nitrogens is 1. The third kappa shape index (κ3) is 3.51. The lowest BCUT2D eigenvalue weighted by atomic mass is 10.1. The van der Waals surface area contributed by atoms with E-state index in [4.69, 9.17) is 5.11 Å². The fraction of sp³-hybridized carbons (Fsp3) is 0.118. The second-order valence-corrected chi connectivity index (χ2v) is 5.51. The van der Waals surface area contributed by atoms with Gasteiger partial charge in [-0.3, -0.25) is 24.6 Å². The number of nitrogens with one attached hydrogen (secondary N) is 1. The number of phenols is 1. The van der Waals surface area contributed by atoms with E-state index in [9.17, 15) is 14.7 Å². The Bertz CT molecular complexity index is 955. The average Bonchev–Trinajstić information content (AvgIpc) is 3.11. The number of carbonyl (C=O) groups is 2. The number of aromatic nitrogens is 4. The summed E-state index contributed by atoms with van der Waals surface area (Å²) in [6.45, 7) is 0. The summed E-state index contributed by atoms with van der Waals surface area (Å²) in [4.78, 5) is 32.7. The molecule has 0 fully saturated rings. The van der Waals surface area contributed by atoms with Crippen molar-refractivity contribution in [1.29, 1.82) is 0 Å². The van der Waals surface area contributed by atoms with Gasteiger partial charge in [0.1, 0.15) is 5.75 Å². The zero-order valence-corrected chi connectivity index (χ0v) is 13.7. The minimum Gasteiger partial charge on any atom is -0.507 e. The van der Waals surface area contributed by atoms with Crippen molar-refractivity contribution in [2.45, 2.75) is 6.42 Å². The lowest BCUT2D eigenvalue weighted by molar-refractivity contribution is -0.136. The number of aromatic amines is 1. The quantitative estimate of drug-likeness (QED) is 0.633. The minimum atomic E-state index is -1.02. The Kier molecular flexibility index (Phi) is 4.61. The van der Waals surface area contributed by atoms with E-state index in [1.165, 1.54) is 30.1 Å². The second kappa shape index (κ2) is 7.01. The Morgan fingerprint density at radius 3 is 2.58 bits per heavy atom. The summed E-state index contributed by atoms with van der Waals surface area (Å²) in [5.41, 5.74) is 1.18. The van der Waals surface area contributed by atoms with Crippen molar-refractivity contribution < 1.29 is 19.8 Å². The molecule has 0 radical (unpaired) electrons. The molecular formula is C17H15N5O4. The summed E-state index contributed by atoms with van der Waals surface area (Å²) in [5.74, 6) is -1.24. The van der Waals surface area contributed by atoms with Crippen molar-refractivity contribution in [2.75, 3.05) is 11.9 Å². The van der Waals surface area contributed by atoms with E-state index in [-0.39, 0.29) is 23.7 Å². The van der Waals surface area contributed by atoms with Crippen LogP contribution in [-0.4, -0.2) is 49.3 Å². The summed E-state index contributed by atoms with van der Waals surface area (Å²) >= 11 is 0. The lowest BCUT2D eigenvalue weighted by Crippen LogP contribution is -2.27. The molecule has 26 heavy (non-hydrogen) atoms. The molecule has 0 atom stereocenters. The molecule has 1 amide bonds. The number of carboxylic acids is 1. The molecule has 0 unspecified atom stereocenters. The highest BCUT2D eigenvalue weighted by molar-refractivity contribution is 6.06. The Morgan fingerprint density at radius 1 is 1.19 bits per heavy atom. The highest BCUT2D eigenvalue weighted by Crippen LogP contribution is 2.23. The molecule has 3 aromatic rings. The molecule has 0 aliphatic heterocycles. The Balaban J connectivity index is 1.82. The smallest absolute Gasteiger partial charge is 0.307 e. The van der Waals surface area contributed by atoms with Crippen LogP contribution in [0.1, 0.15) is 15.9 Å². The number of carboxylic acid groups (broad SMARTS) is 1. The molecule has 3 rings (SSSR count). The molecule has 0 spiro atoms. The Hall–Kier alpha value is -3.75. The summed E-state index contributed by atoms with van der Waals surface area (Å²) in [7, 11) is 1.48. The van der Waals surface area contributed by atoms with Gasteiger partial charge in [0, 0.05) is 25.0 Å². The molecular weight excluding hydrogens is 338 g/mol. The van der Waals surface area contributed by atoms with Crippen molar-refractivity contribution in [3.8, 4) is 17.1 Å². The van der Waals surface area contributed by atoms with Crippen LogP contribution in [0.4, 0.5) is 5.95 Å². The number of hydrogen-bond acceptors (Lipinski definition) is 6. The number of aromatic hydroxyl groups is 1. The number of carbonyl (C=O) groups excluding carboxylic acids is 1. The van der Waals surface area contributed by atoms with E-state index in [2.05, 4.69) is 20.2 Å². The molecule has 0 aliphatic rings. The van der Waals surface area contributed by atoms with Crippen LogP contribution in [-0.2, 0) is 11.2 Å². The zero-order valence-electron chi connectivity index (χ0n) is 13.7. The normalized spacial score (nSPS) is 10.5. The summed E-state index contributed by atoms with van der Waals surface area (Å²) in [6.07, 6.45) is 2.99. The van der Waals surface area contributed by atoms with Crippen LogP contribution in [0.15, 0.2) is 42.7 Å². The summed E-state index contributed by atoms with van der Waals surface area (Å²) in [6, 6.07) is 7.62. The predicted octanol–water partition coefficient (Wildman–Crippen LogP) is 1.48.